The molecule has 0 radical (unpaired) electrons. The van der Waals surface area contributed by atoms with Crippen molar-refractivity contribution >= 4 is 5.97 Å². The molecule has 1 unspecified atom stereocenters. The Hall–Kier alpha value is -0.570. The Bertz CT molecular complexity index is 241. The van der Waals surface area contributed by atoms with Crippen LogP contribution < -0.4 is 0 Å². The number of hydrogen-bond donors (Lipinski definition) is 1. The van der Waals surface area contributed by atoms with E-state index in [1.54, 1.807) is 0 Å². The summed E-state index contributed by atoms with van der Waals surface area (Å²) >= 11 is 0. The van der Waals surface area contributed by atoms with Crippen molar-refractivity contribution in [3.05, 3.63) is 0 Å². The fraction of sp³-hybridized carbons (Fsp3) is 0.947. The van der Waals surface area contributed by atoms with Crippen molar-refractivity contribution in [1.29, 1.82) is 0 Å². The van der Waals surface area contributed by atoms with Gasteiger partial charge in [-0.3, -0.25) is 4.79 Å². The van der Waals surface area contributed by atoms with Crippen LogP contribution in [0.25, 0.3) is 0 Å². The number of carboxylic acids is 1. The average molecular weight is 315 g/mol. The second-order valence-corrected chi connectivity index (χ2v) is 6.49. The lowest BCUT2D eigenvalue weighted by Gasteiger charge is -2.16. The molecule has 3 heteroatoms. The van der Waals surface area contributed by atoms with Crippen molar-refractivity contribution in [2.24, 2.45) is 5.92 Å². The fourth-order valence-corrected chi connectivity index (χ4v) is 2.84. The Morgan fingerprint density at radius 3 is 2.18 bits per heavy atom. The largest absolute Gasteiger partial charge is 0.481 e. The second-order valence-electron chi connectivity index (χ2n) is 6.49. The third-order valence-corrected chi connectivity index (χ3v) is 4.20. The first-order valence-corrected chi connectivity index (χ1v) is 9.50. The topological polar surface area (TPSA) is 46.5 Å². The van der Waals surface area contributed by atoms with Crippen LogP contribution in [0.1, 0.15) is 97.3 Å². The van der Waals surface area contributed by atoms with Gasteiger partial charge in [0, 0.05) is 19.6 Å². The van der Waals surface area contributed by atoms with E-state index in [0.717, 1.165) is 44.8 Å². The summed E-state index contributed by atoms with van der Waals surface area (Å²) in [7, 11) is 0. The van der Waals surface area contributed by atoms with Gasteiger partial charge < -0.3 is 9.84 Å². The Kier molecular flexibility index (Phi) is 16.4. The zero-order chi connectivity index (χ0) is 16.5. The lowest BCUT2D eigenvalue weighted by molar-refractivity contribution is -0.137. The maximum absolute atomic E-state index is 10.4. The molecular formula is C19H38O3. The zero-order valence-corrected chi connectivity index (χ0v) is 14.9. The van der Waals surface area contributed by atoms with Gasteiger partial charge in [-0.1, -0.05) is 65.2 Å². The lowest BCUT2D eigenvalue weighted by atomic mass is 9.97. The first-order valence-electron chi connectivity index (χ1n) is 9.50. The summed E-state index contributed by atoms with van der Waals surface area (Å²) in [5.74, 6) is 0.0848. The van der Waals surface area contributed by atoms with Crippen LogP contribution in [0.15, 0.2) is 0 Å². The highest BCUT2D eigenvalue weighted by Crippen LogP contribution is 2.16. The number of unbranched alkanes of at least 4 members (excludes halogenated alkanes) is 7. The van der Waals surface area contributed by atoms with Gasteiger partial charge in [0.1, 0.15) is 0 Å². The van der Waals surface area contributed by atoms with Gasteiger partial charge in [-0.25, -0.2) is 0 Å². The third kappa shape index (κ3) is 15.8. The summed E-state index contributed by atoms with van der Waals surface area (Å²) in [6, 6.07) is 0. The quantitative estimate of drug-likeness (QED) is 0.344. The van der Waals surface area contributed by atoms with Crippen LogP contribution in [0.4, 0.5) is 0 Å². The molecule has 0 bridgehead atoms. The number of carbonyl (C=O) groups is 1. The van der Waals surface area contributed by atoms with Gasteiger partial charge in [0.2, 0.25) is 0 Å². The van der Waals surface area contributed by atoms with E-state index in [9.17, 15) is 4.79 Å². The molecule has 22 heavy (non-hydrogen) atoms. The summed E-state index contributed by atoms with van der Waals surface area (Å²) in [4.78, 5) is 10.4. The summed E-state index contributed by atoms with van der Waals surface area (Å²) in [6.45, 7) is 6.35. The van der Waals surface area contributed by atoms with Gasteiger partial charge >= 0.3 is 5.97 Å². The number of ether oxygens (including phenoxy) is 1. The predicted molar refractivity (Wildman–Crippen MR) is 93.3 cm³/mol. The highest BCUT2D eigenvalue weighted by Gasteiger charge is 2.07. The van der Waals surface area contributed by atoms with Crippen LogP contribution in [-0.4, -0.2) is 24.3 Å². The fourth-order valence-electron chi connectivity index (χ4n) is 2.84. The number of rotatable bonds is 17. The van der Waals surface area contributed by atoms with Crippen molar-refractivity contribution in [2.75, 3.05) is 13.2 Å². The first kappa shape index (κ1) is 21.4. The molecule has 0 amide bonds. The predicted octanol–water partition coefficient (Wildman–Crippen LogP) is 5.81. The summed E-state index contributed by atoms with van der Waals surface area (Å²) in [5.41, 5.74) is 0. The van der Waals surface area contributed by atoms with Crippen LogP contribution >= 0.6 is 0 Å². The SMILES string of the molecule is CCCCCC(CCC)COCCCCCCCCC(=O)O. The van der Waals surface area contributed by atoms with E-state index >= 15 is 0 Å². The Labute approximate surface area is 137 Å². The molecule has 0 aromatic heterocycles. The van der Waals surface area contributed by atoms with Crippen LogP contribution in [0.5, 0.6) is 0 Å². The van der Waals surface area contributed by atoms with Crippen molar-refractivity contribution in [2.45, 2.75) is 97.3 Å². The lowest BCUT2D eigenvalue weighted by Crippen LogP contribution is -2.10. The average Bonchev–Trinajstić information content (AvgIpc) is 2.49. The van der Waals surface area contributed by atoms with Gasteiger partial charge in [-0.2, -0.15) is 0 Å². The molecule has 132 valence electrons. The van der Waals surface area contributed by atoms with E-state index in [4.69, 9.17) is 9.84 Å². The van der Waals surface area contributed by atoms with E-state index in [2.05, 4.69) is 13.8 Å². The molecule has 1 N–H and O–H groups in total. The van der Waals surface area contributed by atoms with E-state index in [1.807, 2.05) is 0 Å². The second kappa shape index (κ2) is 16.8. The molecule has 0 saturated heterocycles. The maximum Gasteiger partial charge on any atom is 0.303 e. The highest BCUT2D eigenvalue weighted by molar-refractivity contribution is 5.66. The Morgan fingerprint density at radius 1 is 0.864 bits per heavy atom. The minimum Gasteiger partial charge on any atom is -0.481 e. The molecule has 0 rings (SSSR count). The van der Waals surface area contributed by atoms with E-state index in [-0.39, 0.29) is 0 Å². The summed E-state index contributed by atoms with van der Waals surface area (Å²) in [5, 5.41) is 8.55. The van der Waals surface area contributed by atoms with E-state index in [1.165, 1.54) is 51.4 Å². The Morgan fingerprint density at radius 2 is 1.55 bits per heavy atom. The van der Waals surface area contributed by atoms with Crippen LogP contribution in [0.2, 0.25) is 0 Å². The van der Waals surface area contributed by atoms with Crippen molar-refractivity contribution < 1.29 is 14.6 Å². The van der Waals surface area contributed by atoms with Gasteiger partial charge in [0.15, 0.2) is 0 Å². The van der Waals surface area contributed by atoms with Gasteiger partial charge in [-0.15, -0.1) is 0 Å². The Balaban J connectivity index is 3.35. The van der Waals surface area contributed by atoms with Gasteiger partial charge in [0.05, 0.1) is 0 Å². The number of aliphatic carboxylic acids is 1. The minimum atomic E-state index is -0.672. The van der Waals surface area contributed by atoms with Crippen LogP contribution in [0, 0.1) is 5.92 Å². The number of hydrogen-bond acceptors (Lipinski definition) is 2. The molecule has 0 aromatic rings. The third-order valence-electron chi connectivity index (χ3n) is 4.20. The first-order chi connectivity index (χ1) is 10.7. The summed E-state index contributed by atoms with van der Waals surface area (Å²) < 4.78 is 5.86. The van der Waals surface area contributed by atoms with Crippen molar-refractivity contribution in [3.8, 4) is 0 Å². The van der Waals surface area contributed by atoms with Gasteiger partial charge in [-0.05, 0) is 31.6 Å². The maximum atomic E-state index is 10.4. The van der Waals surface area contributed by atoms with Crippen molar-refractivity contribution in [1.82, 2.24) is 0 Å². The molecule has 0 spiro atoms. The molecule has 0 aromatic carbocycles. The van der Waals surface area contributed by atoms with Crippen LogP contribution in [-0.2, 0) is 9.53 Å². The smallest absolute Gasteiger partial charge is 0.303 e. The summed E-state index contributed by atoms with van der Waals surface area (Å²) in [6.07, 6.45) is 14.8. The molecule has 0 aliphatic rings. The van der Waals surface area contributed by atoms with E-state index < -0.39 is 5.97 Å². The molecular weight excluding hydrogens is 276 g/mol. The molecule has 0 fully saturated rings. The molecule has 0 aliphatic heterocycles. The molecule has 1 atom stereocenters. The van der Waals surface area contributed by atoms with Crippen LogP contribution in [0.3, 0.4) is 0 Å². The molecule has 0 heterocycles. The standard InChI is InChI=1S/C19H38O3/c1-3-5-10-14-18(13-4-2)17-22-16-12-9-7-6-8-11-15-19(20)21/h18H,3-17H2,1-2H3,(H,20,21). The van der Waals surface area contributed by atoms with E-state index in [0.29, 0.717) is 6.42 Å². The van der Waals surface area contributed by atoms with Crippen molar-refractivity contribution in [3.63, 3.8) is 0 Å². The monoisotopic (exact) mass is 314 g/mol. The highest BCUT2D eigenvalue weighted by atomic mass is 16.5. The normalized spacial score (nSPS) is 12.5. The molecule has 0 aliphatic carbocycles. The zero-order valence-electron chi connectivity index (χ0n) is 14.9. The number of carboxylic acid groups (broad SMARTS) is 1. The van der Waals surface area contributed by atoms with Gasteiger partial charge in [0.25, 0.3) is 0 Å². The molecule has 3 nitrogen and oxygen atoms in total. The minimum absolute atomic E-state index is 0.319. The molecule has 0 saturated carbocycles.